The first-order chi connectivity index (χ1) is 11.1. The monoisotopic (exact) mass is 323 g/mol. The lowest BCUT2D eigenvalue weighted by atomic mass is 9.86. The molecule has 1 atom stereocenters. The van der Waals surface area contributed by atoms with E-state index in [9.17, 15) is 4.79 Å². The fourth-order valence-corrected chi connectivity index (χ4v) is 4.40. The van der Waals surface area contributed by atoms with Gasteiger partial charge in [-0.15, -0.1) is 0 Å². The third-order valence-corrected chi connectivity index (χ3v) is 6.19. The van der Waals surface area contributed by atoms with E-state index in [4.69, 9.17) is 10.5 Å². The summed E-state index contributed by atoms with van der Waals surface area (Å²) in [5.41, 5.74) is 6.26. The molecule has 1 amide bonds. The topological polar surface area (TPSA) is 58.8 Å². The number of carbonyl (C=O) groups is 1. The van der Waals surface area contributed by atoms with E-state index < -0.39 is 0 Å². The van der Waals surface area contributed by atoms with Crippen LogP contribution in [0.3, 0.4) is 0 Å². The van der Waals surface area contributed by atoms with Gasteiger partial charge in [-0.05, 0) is 50.4 Å². The van der Waals surface area contributed by atoms with Gasteiger partial charge < -0.3 is 15.4 Å². The average Bonchev–Trinajstić information content (AvgIpc) is 2.62. The van der Waals surface area contributed by atoms with Gasteiger partial charge in [-0.25, -0.2) is 0 Å². The first-order valence-corrected chi connectivity index (χ1v) is 9.51. The Bertz CT molecular complexity index is 382. The maximum absolute atomic E-state index is 12.7. The van der Waals surface area contributed by atoms with Gasteiger partial charge in [0.1, 0.15) is 0 Å². The Morgan fingerprint density at radius 1 is 1.00 bits per heavy atom. The summed E-state index contributed by atoms with van der Waals surface area (Å²) < 4.78 is 5.38. The van der Waals surface area contributed by atoms with E-state index in [0.717, 1.165) is 64.2 Å². The van der Waals surface area contributed by atoms with Crippen LogP contribution in [0.2, 0.25) is 0 Å². The zero-order chi connectivity index (χ0) is 16.2. The van der Waals surface area contributed by atoms with Crippen LogP contribution < -0.4 is 5.73 Å². The van der Waals surface area contributed by atoms with Crippen molar-refractivity contribution in [2.45, 2.75) is 57.5 Å². The molecule has 3 fully saturated rings. The Hall–Kier alpha value is -0.650. The minimum Gasteiger partial charge on any atom is -0.381 e. The highest BCUT2D eigenvalue weighted by molar-refractivity contribution is 5.82. The molecular weight excluding hydrogens is 290 g/mol. The van der Waals surface area contributed by atoms with Gasteiger partial charge in [-0.2, -0.15) is 0 Å². The number of hydrogen-bond acceptors (Lipinski definition) is 4. The molecule has 3 aliphatic rings. The Balaban J connectivity index is 1.45. The fraction of sp³-hybridized carbons (Fsp3) is 0.944. The van der Waals surface area contributed by atoms with Crippen LogP contribution >= 0.6 is 0 Å². The summed E-state index contributed by atoms with van der Waals surface area (Å²) in [4.78, 5) is 17.3. The molecule has 2 heterocycles. The Morgan fingerprint density at radius 2 is 1.61 bits per heavy atom. The molecule has 0 radical (unpaired) electrons. The van der Waals surface area contributed by atoms with Crippen LogP contribution in [0.25, 0.3) is 0 Å². The van der Waals surface area contributed by atoms with Crippen molar-refractivity contribution in [3.63, 3.8) is 0 Å². The van der Waals surface area contributed by atoms with Gasteiger partial charge in [0.25, 0.3) is 0 Å². The van der Waals surface area contributed by atoms with Gasteiger partial charge in [0.15, 0.2) is 0 Å². The van der Waals surface area contributed by atoms with Gasteiger partial charge in [-0.3, -0.25) is 9.69 Å². The number of amides is 1. The Labute approximate surface area is 140 Å². The summed E-state index contributed by atoms with van der Waals surface area (Å²) in [5, 5.41) is 0. The van der Waals surface area contributed by atoms with Crippen LogP contribution in [-0.4, -0.2) is 67.2 Å². The van der Waals surface area contributed by atoms with E-state index in [1.54, 1.807) is 0 Å². The number of rotatable bonds is 3. The molecular formula is C18H33N3O2. The van der Waals surface area contributed by atoms with Gasteiger partial charge >= 0.3 is 0 Å². The summed E-state index contributed by atoms with van der Waals surface area (Å²) in [6.07, 6.45) is 7.23. The first kappa shape index (κ1) is 17.2. The van der Waals surface area contributed by atoms with Gasteiger partial charge in [0.05, 0.1) is 6.04 Å². The van der Waals surface area contributed by atoms with Crippen LogP contribution in [0.15, 0.2) is 0 Å². The Morgan fingerprint density at radius 3 is 2.22 bits per heavy atom. The number of nitrogens with zero attached hydrogens (tertiary/aromatic N) is 2. The molecule has 5 heteroatoms. The van der Waals surface area contributed by atoms with Crippen molar-refractivity contribution in [2.24, 2.45) is 17.6 Å². The molecule has 3 rings (SSSR count). The molecule has 5 nitrogen and oxygen atoms in total. The molecule has 0 spiro atoms. The van der Waals surface area contributed by atoms with Crippen molar-refractivity contribution in [3.8, 4) is 0 Å². The summed E-state index contributed by atoms with van der Waals surface area (Å²) in [6, 6.07) is 0.411. The van der Waals surface area contributed by atoms with Crippen LogP contribution in [0, 0.1) is 11.8 Å². The predicted octanol–water partition coefficient (Wildman–Crippen LogP) is 1.46. The second kappa shape index (κ2) is 7.95. The van der Waals surface area contributed by atoms with E-state index in [-0.39, 0.29) is 11.9 Å². The maximum Gasteiger partial charge on any atom is 0.239 e. The van der Waals surface area contributed by atoms with Crippen molar-refractivity contribution in [3.05, 3.63) is 0 Å². The minimum atomic E-state index is -0.332. The molecule has 0 aromatic carbocycles. The van der Waals surface area contributed by atoms with Crippen molar-refractivity contribution < 1.29 is 9.53 Å². The summed E-state index contributed by atoms with van der Waals surface area (Å²) in [5.74, 6) is 1.36. The van der Waals surface area contributed by atoms with Crippen LogP contribution in [-0.2, 0) is 9.53 Å². The molecule has 0 aromatic heterocycles. The normalized spacial score (nSPS) is 32.7. The quantitative estimate of drug-likeness (QED) is 0.854. The highest BCUT2D eigenvalue weighted by atomic mass is 16.5. The van der Waals surface area contributed by atoms with Crippen molar-refractivity contribution in [1.29, 1.82) is 0 Å². The second-order valence-corrected chi connectivity index (χ2v) is 7.75. The van der Waals surface area contributed by atoms with Crippen molar-refractivity contribution in [1.82, 2.24) is 9.80 Å². The van der Waals surface area contributed by atoms with Crippen LogP contribution in [0.5, 0.6) is 0 Å². The highest BCUT2D eigenvalue weighted by Gasteiger charge is 2.33. The van der Waals surface area contributed by atoms with E-state index in [1.165, 1.54) is 25.7 Å². The molecule has 0 bridgehead atoms. The SMILES string of the molecule is CC1CCC(N2CCN(C(=O)C(N)C3CCOCC3)CC2)CC1. The van der Waals surface area contributed by atoms with Crippen LogP contribution in [0.1, 0.15) is 45.4 Å². The largest absolute Gasteiger partial charge is 0.381 e. The van der Waals surface area contributed by atoms with E-state index in [0.29, 0.717) is 5.92 Å². The van der Waals surface area contributed by atoms with E-state index in [2.05, 4.69) is 11.8 Å². The third-order valence-electron chi connectivity index (χ3n) is 6.19. The number of piperazine rings is 1. The first-order valence-electron chi connectivity index (χ1n) is 9.51. The summed E-state index contributed by atoms with van der Waals surface area (Å²) >= 11 is 0. The average molecular weight is 323 g/mol. The third kappa shape index (κ3) is 4.25. The zero-order valence-corrected chi connectivity index (χ0v) is 14.6. The van der Waals surface area contributed by atoms with E-state index >= 15 is 0 Å². The molecule has 1 unspecified atom stereocenters. The summed E-state index contributed by atoms with van der Waals surface area (Å²) in [7, 11) is 0. The van der Waals surface area contributed by atoms with Crippen molar-refractivity contribution >= 4 is 5.91 Å². The van der Waals surface area contributed by atoms with Gasteiger partial charge in [0, 0.05) is 45.4 Å². The van der Waals surface area contributed by atoms with E-state index in [1.807, 2.05) is 4.90 Å². The number of nitrogens with two attached hydrogens (primary N) is 1. The van der Waals surface area contributed by atoms with Crippen molar-refractivity contribution in [2.75, 3.05) is 39.4 Å². The molecule has 2 saturated heterocycles. The van der Waals surface area contributed by atoms with Gasteiger partial charge in [0.2, 0.25) is 5.91 Å². The summed E-state index contributed by atoms with van der Waals surface area (Å²) in [6.45, 7) is 7.60. The minimum absolute atomic E-state index is 0.161. The molecule has 2 aliphatic heterocycles. The maximum atomic E-state index is 12.7. The second-order valence-electron chi connectivity index (χ2n) is 7.75. The molecule has 132 valence electrons. The highest BCUT2D eigenvalue weighted by Crippen LogP contribution is 2.28. The Kier molecular flexibility index (Phi) is 5.94. The predicted molar refractivity (Wildman–Crippen MR) is 91.1 cm³/mol. The molecule has 1 aliphatic carbocycles. The van der Waals surface area contributed by atoms with Crippen LogP contribution in [0.4, 0.5) is 0 Å². The smallest absolute Gasteiger partial charge is 0.239 e. The molecule has 0 aromatic rings. The fourth-order valence-electron chi connectivity index (χ4n) is 4.40. The zero-order valence-electron chi connectivity index (χ0n) is 14.6. The molecule has 2 N–H and O–H groups in total. The molecule has 1 saturated carbocycles. The number of carbonyl (C=O) groups excluding carboxylic acids is 1. The number of ether oxygens (including phenoxy) is 1. The lowest BCUT2D eigenvalue weighted by Crippen LogP contribution is -2.57. The molecule has 23 heavy (non-hydrogen) atoms. The lowest BCUT2D eigenvalue weighted by molar-refractivity contribution is -0.137. The van der Waals surface area contributed by atoms with Gasteiger partial charge in [-0.1, -0.05) is 6.92 Å². The number of hydrogen-bond donors (Lipinski definition) is 1. The lowest BCUT2D eigenvalue weighted by Gasteiger charge is -2.42. The standard InChI is InChI=1S/C18H33N3O2/c1-14-2-4-16(5-3-14)20-8-10-21(11-9-20)18(22)17(19)15-6-12-23-13-7-15/h14-17H,2-13,19H2,1H3.